The molecular formula is C23H30N4O2. The molecule has 0 saturated carbocycles. The van der Waals surface area contributed by atoms with E-state index in [1.54, 1.807) is 24.3 Å². The van der Waals surface area contributed by atoms with Crippen molar-refractivity contribution in [3.05, 3.63) is 59.7 Å². The summed E-state index contributed by atoms with van der Waals surface area (Å²) in [7, 11) is 0. The minimum absolute atomic E-state index is 0.0937. The van der Waals surface area contributed by atoms with Gasteiger partial charge in [-0.25, -0.2) is 4.79 Å². The summed E-state index contributed by atoms with van der Waals surface area (Å²) in [6.07, 6.45) is 0. The topological polar surface area (TPSA) is 64.7 Å². The Morgan fingerprint density at radius 2 is 1.69 bits per heavy atom. The van der Waals surface area contributed by atoms with E-state index in [-0.39, 0.29) is 11.9 Å². The molecule has 0 spiro atoms. The highest BCUT2D eigenvalue weighted by Gasteiger charge is 2.21. The van der Waals surface area contributed by atoms with Gasteiger partial charge in [0.05, 0.1) is 0 Å². The smallest absolute Gasteiger partial charge is 0.321 e. The molecule has 0 bridgehead atoms. The maximum absolute atomic E-state index is 12.6. The number of nitrogens with one attached hydrogen (secondary N) is 2. The van der Waals surface area contributed by atoms with Crippen LogP contribution in [0.4, 0.5) is 16.2 Å². The molecule has 0 atom stereocenters. The lowest BCUT2D eigenvalue weighted by Crippen LogP contribution is -2.50. The van der Waals surface area contributed by atoms with E-state index in [4.69, 9.17) is 0 Å². The van der Waals surface area contributed by atoms with Gasteiger partial charge in [0, 0.05) is 49.7 Å². The van der Waals surface area contributed by atoms with Crippen molar-refractivity contribution in [2.45, 2.75) is 20.8 Å². The van der Waals surface area contributed by atoms with E-state index >= 15 is 0 Å². The third kappa shape index (κ3) is 5.73. The number of rotatable bonds is 5. The van der Waals surface area contributed by atoms with E-state index in [1.807, 2.05) is 4.90 Å². The second-order valence-corrected chi connectivity index (χ2v) is 7.92. The summed E-state index contributed by atoms with van der Waals surface area (Å²) in [6.45, 7) is 9.82. The van der Waals surface area contributed by atoms with Crippen molar-refractivity contribution in [3.63, 3.8) is 0 Å². The van der Waals surface area contributed by atoms with Crippen molar-refractivity contribution in [2.24, 2.45) is 5.92 Å². The fourth-order valence-corrected chi connectivity index (χ4v) is 3.30. The Balaban J connectivity index is 1.50. The van der Waals surface area contributed by atoms with Gasteiger partial charge in [-0.2, -0.15) is 0 Å². The van der Waals surface area contributed by atoms with Gasteiger partial charge in [-0.3, -0.25) is 4.79 Å². The number of aryl methyl sites for hydroxylation is 1. The third-order valence-electron chi connectivity index (χ3n) is 5.00. The molecule has 1 aliphatic rings. The minimum atomic E-state index is -0.106. The van der Waals surface area contributed by atoms with Crippen LogP contribution in [-0.4, -0.2) is 49.6 Å². The number of hydrogen-bond acceptors (Lipinski definition) is 3. The van der Waals surface area contributed by atoms with E-state index in [1.165, 1.54) is 11.3 Å². The Bertz CT molecular complexity index is 840. The third-order valence-corrected chi connectivity index (χ3v) is 5.00. The molecule has 6 nitrogen and oxygen atoms in total. The van der Waals surface area contributed by atoms with Crippen molar-refractivity contribution in [1.82, 2.24) is 10.2 Å². The molecule has 2 aromatic carbocycles. The molecule has 6 heteroatoms. The lowest BCUT2D eigenvalue weighted by Gasteiger charge is -2.36. The molecule has 2 N–H and O–H groups in total. The monoisotopic (exact) mass is 394 g/mol. The van der Waals surface area contributed by atoms with E-state index in [0.29, 0.717) is 36.8 Å². The Kier molecular flexibility index (Phi) is 6.75. The van der Waals surface area contributed by atoms with Crippen molar-refractivity contribution >= 4 is 23.3 Å². The number of carbonyl (C=O) groups excluding carboxylic acids is 2. The predicted octanol–water partition coefficient (Wildman–Crippen LogP) is 3.73. The van der Waals surface area contributed by atoms with E-state index < -0.39 is 0 Å². The zero-order valence-corrected chi connectivity index (χ0v) is 17.4. The van der Waals surface area contributed by atoms with Gasteiger partial charge in [0.25, 0.3) is 5.91 Å². The van der Waals surface area contributed by atoms with E-state index in [9.17, 15) is 9.59 Å². The Morgan fingerprint density at radius 3 is 2.31 bits per heavy atom. The summed E-state index contributed by atoms with van der Waals surface area (Å²) >= 11 is 0. The van der Waals surface area contributed by atoms with Gasteiger partial charge in [-0.15, -0.1) is 0 Å². The summed E-state index contributed by atoms with van der Waals surface area (Å²) in [6, 6.07) is 15.4. The van der Waals surface area contributed by atoms with Crippen LogP contribution in [0.1, 0.15) is 29.8 Å². The van der Waals surface area contributed by atoms with Gasteiger partial charge in [0.1, 0.15) is 0 Å². The number of anilines is 2. The maximum atomic E-state index is 12.6. The van der Waals surface area contributed by atoms with Crippen molar-refractivity contribution in [1.29, 1.82) is 0 Å². The van der Waals surface area contributed by atoms with Crippen molar-refractivity contribution in [2.75, 3.05) is 42.9 Å². The number of hydrogen-bond donors (Lipinski definition) is 2. The van der Waals surface area contributed by atoms with Gasteiger partial charge >= 0.3 is 6.03 Å². The fourth-order valence-electron chi connectivity index (χ4n) is 3.30. The van der Waals surface area contributed by atoms with Crippen LogP contribution in [0.25, 0.3) is 0 Å². The zero-order valence-electron chi connectivity index (χ0n) is 17.4. The van der Waals surface area contributed by atoms with Gasteiger partial charge in [0.15, 0.2) is 0 Å². The molecule has 1 heterocycles. The van der Waals surface area contributed by atoms with Gasteiger partial charge in [-0.05, 0) is 54.8 Å². The Morgan fingerprint density at radius 1 is 1.00 bits per heavy atom. The average molecular weight is 395 g/mol. The van der Waals surface area contributed by atoms with Crippen LogP contribution >= 0.6 is 0 Å². The molecule has 29 heavy (non-hydrogen) atoms. The average Bonchev–Trinajstić information content (AvgIpc) is 2.72. The molecule has 1 fully saturated rings. The largest absolute Gasteiger partial charge is 0.368 e. The summed E-state index contributed by atoms with van der Waals surface area (Å²) in [5.74, 6) is 0.313. The molecule has 0 unspecified atom stereocenters. The van der Waals surface area contributed by atoms with Crippen LogP contribution in [0, 0.1) is 12.8 Å². The second-order valence-electron chi connectivity index (χ2n) is 7.92. The standard InChI is InChI=1S/C23H30N4O2/c1-17(2)16-24-22(28)19-7-9-20(10-8-19)25-23(29)27-13-11-26(12-14-27)21-6-4-5-18(3)15-21/h4-10,15,17H,11-14,16H2,1-3H3,(H,24,28)(H,25,29). The molecule has 0 radical (unpaired) electrons. The van der Waals surface area contributed by atoms with Crippen molar-refractivity contribution < 1.29 is 9.59 Å². The molecule has 2 aromatic rings. The highest BCUT2D eigenvalue weighted by atomic mass is 16.2. The molecule has 3 amide bonds. The first-order chi connectivity index (χ1) is 13.9. The second kappa shape index (κ2) is 9.45. The summed E-state index contributed by atoms with van der Waals surface area (Å²) < 4.78 is 0. The first-order valence-corrected chi connectivity index (χ1v) is 10.2. The lowest BCUT2D eigenvalue weighted by molar-refractivity contribution is 0.0949. The molecule has 1 saturated heterocycles. The highest BCUT2D eigenvalue weighted by Crippen LogP contribution is 2.18. The quantitative estimate of drug-likeness (QED) is 0.812. The van der Waals surface area contributed by atoms with Gasteiger partial charge in [0.2, 0.25) is 0 Å². The van der Waals surface area contributed by atoms with Crippen LogP contribution in [0.3, 0.4) is 0 Å². The molecule has 1 aliphatic heterocycles. The van der Waals surface area contributed by atoms with Crippen LogP contribution in [0.5, 0.6) is 0 Å². The van der Waals surface area contributed by atoms with Crippen LogP contribution < -0.4 is 15.5 Å². The maximum Gasteiger partial charge on any atom is 0.321 e. The lowest BCUT2D eigenvalue weighted by atomic mass is 10.1. The number of benzene rings is 2. The summed E-state index contributed by atoms with van der Waals surface area (Å²) in [4.78, 5) is 28.8. The molecule has 0 aliphatic carbocycles. The number of nitrogens with zero attached hydrogens (tertiary/aromatic N) is 2. The first kappa shape index (κ1) is 20.7. The normalized spacial score (nSPS) is 14.1. The zero-order chi connectivity index (χ0) is 20.8. The van der Waals surface area contributed by atoms with Gasteiger partial charge in [-0.1, -0.05) is 26.0 Å². The molecule has 154 valence electrons. The van der Waals surface area contributed by atoms with Crippen LogP contribution in [0.15, 0.2) is 48.5 Å². The highest BCUT2D eigenvalue weighted by molar-refractivity contribution is 5.95. The Labute approximate surface area is 172 Å². The number of urea groups is 1. The Hall–Kier alpha value is -3.02. The van der Waals surface area contributed by atoms with Crippen molar-refractivity contribution in [3.8, 4) is 0 Å². The first-order valence-electron chi connectivity index (χ1n) is 10.2. The fraction of sp³-hybridized carbons (Fsp3) is 0.391. The van der Waals surface area contributed by atoms with E-state index in [0.717, 1.165) is 13.1 Å². The van der Waals surface area contributed by atoms with Crippen LogP contribution in [0.2, 0.25) is 0 Å². The minimum Gasteiger partial charge on any atom is -0.368 e. The summed E-state index contributed by atoms with van der Waals surface area (Å²) in [5, 5.41) is 5.82. The SMILES string of the molecule is Cc1cccc(N2CCN(C(=O)Nc3ccc(C(=O)NCC(C)C)cc3)CC2)c1. The summed E-state index contributed by atoms with van der Waals surface area (Å²) in [5.41, 5.74) is 3.73. The van der Waals surface area contributed by atoms with E-state index in [2.05, 4.69) is 60.6 Å². The number of carbonyl (C=O) groups is 2. The molecule has 0 aromatic heterocycles. The molecular weight excluding hydrogens is 364 g/mol. The van der Waals surface area contributed by atoms with Crippen LogP contribution in [-0.2, 0) is 0 Å². The number of piperazine rings is 1. The number of amides is 3. The predicted molar refractivity (Wildman–Crippen MR) is 118 cm³/mol. The van der Waals surface area contributed by atoms with Gasteiger partial charge < -0.3 is 20.4 Å². The molecule has 3 rings (SSSR count).